The average Bonchev–Trinajstić information content (AvgIpc) is 2.43. The highest BCUT2D eigenvalue weighted by molar-refractivity contribution is 5.30. The number of rotatable bonds is 4. The van der Waals surface area contributed by atoms with Crippen LogP contribution in [-0.4, -0.2) is 0 Å². The molecule has 6 heteroatoms. The molecule has 0 saturated heterocycles. The molecule has 2 rings (SSSR count). The smallest absolute Gasteiger partial charge is 0.194 e. The molecule has 0 aliphatic heterocycles. The summed E-state index contributed by atoms with van der Waals surface area (Å²) in [6.45, 7) is 1.72. The summed E-state index contributed by atoms with van der Waals surface area (Å²) >= 11 is 0. The zero-order chi connectivity index (χ0) is 15.6. The van der Waals surface area contributed by atoms with Crippen molar-refractivity contribution in [1.29, 1.82) is 0 Å². The summed E-state index contributed by atoms with van der Waals surface area (Å²) in [4.78, 5) is 0. The molecule has 0 bridgehead atoms. The van der Waals surface area contributed by atoms with Crippen molar-refractivity contribution in [2.75, 3.05) is 0 Å². The first-order valence-corrected chi connectivity index (χ1v) is 6.28. The van der Waals surface area contributed by atoms with Gasteiger partial charge in [0, 0.05) is 0 Å². The topological polar surface area (TPSA) is 38.0 Å². The Balaban J connectivity index is 2.32. The number of aryl methyl sites for hydroxylation is 1. The van der Waals surface area contributed by atoms with Crippen LogP contribution in [0.2, 0.25) is 0 Å². The maximum absolute atomic E-state index is 13.3. The normalized spacial score (nSPS) is 12.5. The van der Waals surface area contributed by atoms with Crippen LogP contribution >= 0.6 is 0 Å². The zero-order valence-corrected chi connectivity index (χ0v) is 11.3. The highest BCUT2D eigenvalue weighted by atomic mass is 19.2. The van der Waals surface area contributed by atoms with Crippen molar-refractivity contribution < 1.29 is 17.6 Å². The molecule has 1 atom stereocenters. The Morgan fingerprint density at radius 3 is 2.19 bits per heavy atom. The van der Waals surface area contributed by atoms with Crippen LogP contribution in [0.25, 0.3) is 0 Å². The lowest BCUT2D eigenvalue weighted by Gasteiger charge is -2.18. The zero-order valence-electron chi connectivity index (χ0n) is 11.3. The third kappa shape index (κ3) is 3.40. The van der Waals surface area contributed by atoms with Gasteiger partial charge in [0.25, 0.3) is 0 Å². The first kappa shape index (κ1) is 15.5. The second-order valence-electron chi connectivity index (χ2n) is 4.79. The summed E-state index contributed by atoms with van der Waals surface area (Å²) in [7, 11) is 0. The molecule has 0 aliphatic carbocycles. The molecule has 0 amide bonds. The van der Waals surface area contributed by atoms with E-state index in [9.17, 15) is 17.6 Å². The van der Waals surface area contributed by atoms with Crippen molar-refractivity contribution in [3.05, 3.63) is 70.3 Å². The van der Waals surface area contributed by atoms with Gasteiger partial charge in [-0.2, -0.15) is 0 Å². The molecule has 0 radical (unpaired) electrons. The van der Waals surface area contributed by atoms with E-state index in [1.165, 1.54) is 12.1 Å². The quantitative estimate of drug-likeness (QED) is 0.393. The predicted molar refractivity (Wildman–Crippen MR) is 71.2 cm³/mol. The molecule has 0 fully saturated rings. The van der Waals surface area contributed by atoms with Gasteiger partial charge in [0.15, 0.2) is 17.5 Å². The molecule has 0 spiro atoms. The molecule has 112 valence electrons. The van der Waals surface area contributed by atoms with Gasteiger partial charge in [-0.3, -0.25) is 11.3 Å². The number of nitrogens with two attached hydrogens (primary N) is 1. The van der Waals surface area contributed by atoms with Crippen molar-refractivity contribution in [2.45, 2.75) is 19.4 Å². The van der Waals surface area contributed by atoms with E-state index in [1.54, 1.807) is 13.0 Å². The van der Waals surface area contributed by atoms with Gasteiger partial charge in [-0.05, 0) is 54.3 Å². The molecular weight excluding hydrogens is 284 g/mol. The van der Waals surface area contributed by atoms with Crippen LogP contribution in [-0.2, 0) is 6.42 Å². The fourth-order valence-corrected chi connectivity index (χ4v) is 2.16. The summed E-state index contributed by atoms with van der Waals surface area (Å²) in [6.07, 6.45) is 0.285. The Labute approximate surface area is 119 Å². The van der Waals surface area contributed by atoms with Crippen LogP contribution in [0, 0.1) is 30.2 Å². The summed E-state index contributed by atoms with van der Waals surface area (Å²) in [5.41, 5.74) is 4.07. The van der Waals surface area contributed by atoms with Crippen molar-refractivity contribution in [3.63, 3.8) is 0 Å². The summed E-state index contributed by atoms with van der Waals surface area (Å²) in [5, 5.41) is 0. The average molecular weight is 298 g/mol. The lowest BCUT2D eigenvalue weighted by Crippen LogP contribution is -2.30. The molecule has 3 N–H and O–H groups in total. The lowest BCUT2D eigenvalue weighted by atomic mass is 9.96. The first-order valence-electron chi connectivity index (χ1n) is 6.28. The Bertz CT molecular complexity index is 635. The minimum atomic E-state index is -1.52. The van der Waals surface area contributed by atoms with E-state index in [4.69, 9.17) is 5.84 Å². The van der Waals surface area contributed by atoms with Crippen molar-refractivity contribution in [3.8, 4) is 0 Å². The van der Waals surface area contributed by atoms with Gasteiger partial charge in [0.1, 0.15) is 5.82 Å². The molecule has 2 aromatic carbocycles. The van der Waals surface area contributed by atoms with Crippen LogP contribution in [0.1, 0.15) is 22.7 Å². The van der Waals surface area contributed by atoms with E-state index < -0.39 is 23.5 Å². The molecular formula is C15H14F4N2. The number of nitrogens with one attached hydrogen (secondary N) is 1. The largest absolute Gasteiger partial charge is 0.271 e. The van der Waals surface area contributed by atoms with Gasteiger partial charge in [-0.15, -0.1) is 0 Å². The Morgan fingerprint density at radius 2 is 1.67 bits per heavy atom. The summed E-state index contributed by atoms with van der Waals surface area (Å²) in [5.74, 6) is 0.966. The van der Waals surface area contributed by atoms with Crippen LogP contribution in [0.5, 0.6) is 0 Å². The minimum Gasteiger partial charge on any atom is -0.271 e. The highest BCUT2D eigenvalue weighted by Gasteiger charge is 2.17. The molecule has 0 heterocycles. The predicted octanol–water partition coefficient (Wildman–Crippen LogP) is 3.30. The Hall–Kier alpha value is -1.92. The van der Waals surface area contributed by atoms with Gasteiger partial charge < -0.3 is 0 Å². The Kier molecular flexibility index (Phi) is 4.59. The molecule has 21 heavy (non-hydrogen) atoms. The van der Waals surface area contributed by atoms with Crippen molar-refractivity contribution in [1.82, 2.24) is 5.43 Å². The molecule has 0 aliphatic rings. The number of halogens is 4. The van der Waals surface area contributed by atoms with Gasteiger partial charge in [0.05, 0.1) is 6.04 Å². The monoisotopic (exact) mass is 298 g/mol. The van der Waals surface area contributed by atoms with E-state index in [2.05, 4.69) is 5.43 Å². The second-order valence-corrected chi connectivity index (χ2v) is 4.79. The first-order chi connectivity index (χ1) is 9.92. The number of hydrogen-bond acceptors (Lipinski definition) is 2. The van der Waals surface area contributed by atoms with E-state index in [0.717, 1.165) is 17.7 Å². The van der Waals surface area contributed by atoms with Crippen molar-refractivity contribution in [2.24, 2.45) is 5.84 Å². The third-order valence-corrected chi connectivity index (χ3v) is 3.34. The Morgan fingerprint density at radius 1 is 1.05 bits per heavy atom. The second kappa shape index (κ2) is 6.24. The van der Waals surface area contributed by atoms with Crippen LogP contribution in [0.3, 0.4) is 0 Å². The molecule has 2 aromatic rings. The molecule has 0 aromatic heterocycles. The number of hydrazine groups is 1. The number of hydrogen-bond donors (Lipinski definition) is 2. The van der Waals surface area contributed by atoms with Crippen LogP contribution in [0.15, 0.2) is 30.3 Å². The highest BCUT2D eigenvalue weighted by Crippen LogP contribution is 2.23. The van der Waals surface area contributed by atoms with Gasteiger partial charge in [-0.1, -0.05) is 6.07 Å². The summed E-state index contributed by atoms with van der Waals surface area (Å²) < 4.78 is 52.6. The van der Waals surface area contributed by atoms with Gasteiger partial charge >= 0.3 is 0 Å². The van der Waals surface area contributed by atoms with E-state index in [-0.39, 0.29) is 17.8 Å². The van der Waals surface area contributed by atoms with Crippen LogP contribution in [0.4, 0.5) is 17.6 Å². The SMILES string of the molecule is Cc1cc(F)ccc1CC(NN)c1cc(F)c(F)c(F)c1. The van der Waals surface area contributed by atoms with E-state index >= 15 is 0 Å². The maximum Gasteiger partial charge on any atom is 0.194 e. The fraction of sp³-hybridized carbons (Fsp3) is 0.200. The molecule has 1 unspecified atom stereocenters. The minimum absolute atomic E-state index is 0.178. The van der Waals surface area contributed by atoms with E-state index in [1.807, 2.05) is 0 Å². The van der Waals surface area contributed by atoms with Crippen molar-refractivity contribution >= 4 is 0 Å². The molecule has 0 saturated carbocycles. The standard InChI is InChI=1S/C15H14F4N2/c1-8-4-11(16)3-2-9(8)7-14(21-20)10-5-12(17)15(19)13(18)6-10/h2-6,14,21H,7,20H2,1H3. The van der Waals surface area contributed by atoms with Gasteiger partial charge in [-0.25, -0.2) is 17.6 Å². The summed E-state index contributed by atoms with van der Waals surface area (Å²) in [6, 6.07) is 5.38. The molecule has 2 nitrogen and oxygen atoms in total. The van der Waals surface area contributed by atoms with Crippen LogP contribution < -0.4 is 11.3 Å². The fourth-order valence-electron chi connectivity index (χ4n) is 2.16. The lowest BCUT2D eigenvalue weighted by molar-refractivity contribution is 0.439. The van der Waals surface area contributed by atoms with E-state index in [0.29, 0.717) is 5.56 Å². The third-order valence-electron chi connectivity index (χ3n) is 3.34. The maximum atomic E-state index is 13.3. The number of benzene rings is 2. The van der Waals surface area contributed by atoms with Gasteiger partial charge in [0.2, 0.25) is 0 Å².